The van der Waals surface area contributed by atoms with Crippen molar-refractivity contribution in [1.29, 1.82) is 0 Å². The number of rotatable bonds is 6. The third kappa shape index (κ3) is 6.07. The maximum absolute atomic E-state index is 12.8. The normalized spacial score (nSPS) is 19.0. The molecule has 2 aliphatic rings. The zero-order valence-electron chi connectivity index (χ0n) is 23.5. The molecule has 1 aromatic carbocycles. The van der Waals surface area contributed by atoms with E-state index in [1.165, 1.54) is 0 Å². The molecular weight excluding hydrogens is 534 g/mol. The van der Waals surface area contributed by atoms with Crippen molar-refractivity contribution in [2.45, 2.75) is 44.8 Å². The van der Waals surface area contributed by atoms with Gasteiger partial charge in [-0.2, -0.15) is 0 Å². The van der Waals surface area contributed by atoms with E-state index in [0.717, 1.165) is 46.6 Å². The fourth-order valence-electron chi connectivity index (χ4n) is 5.60. The molecule has 0 spiro atoms. The summed E-state index contributed by atoms with van der Waals surface area (Å²) in [6, 6.07) is 11.2. The van der Waals surface area contributed by atoms with Crippen LogP contribution in [0.15, 0.2) is 61.2 Å². The van der Waals surface area contributed by atoms with Crippen LogP contribution in [0.4, 0.5) is 22.0 Å². The number of carbonyl (C=O) groups excluding carboxylic acids is 2. The van der Waals surface area contributed by atoms with Gasteiger partial charge in [0.05, 0.1) is 30.6 Å². The second-order valence-corrected chi connectivity index (χ2v) is 10.8. The number of hydrogen-bond acceptors (Lipinski definition) is 7. The molecule has 42 heavy (non-hydrogen) atoms. The Hall–Kier alpha value is -4.48. The molecule has 0 radical (unpaired) electrons. The number of anilines is 3. The molecule has 11 heteroatoms. The van der Waals surface area contributed by atoms with E-state index >= 15 is 0 Å². The van der Waals surface area contributed by atoms with Gasteiger partial charge in [-0.25, -0.2) is 14.8 Å². The maximum atomic E-state index is 12.8. The average molecular weight is 570 g/mol. The molecule has 1 saturated carbocycles. The van der Waals surface area contributed by atoms with E-state index in [-0.39, 0.29) is 24.1 Å². The van der Waals surface area contributed by atoms with Gasteiger partial charge >= 0.3 is 6.03 Å². The van der Waals surface area contributed by atoms with Crippen LogP contribution in [-0.4, -0.2) is 74.8 Å². The van der Waals surface area contributed by atoms with Gasteiger partial charge < -0.3 is 35.1 Å². The number of nitrogens with one attached hydrogen (secondary N) is 3. The zero-order chi connectivity index (χ0) is 29.1. The van der Waals surface area contributed by atoms with Crippen molar-refractivity contribution >= 4 is 34.8 Å². The quantitative estimate of drug-likeness (QED) is 0.271. The number of hydrogen-bond donors (Lipinski definition) is 4. The molecule has 3 amide bonds. The molecule has 2 fully saturated rings. The highest BCUT2D eigenvalue weighted by Crippen LogP contribution is 2.32. The zero-order valence-corrected chi connectivity index (χ0v) is 23.5. The Morgan fingerprint density at radius 1 is 1.02 bits per heavy atom. The van der Waals surface area contributed by atoms with E-state index in [1.54, 1.807) is 29.4 Å². The smallest absolute Gasteiger partial charge is 0.319 e. The highest BCUT2D eigenvalue weighted by molar-refractivity contribution is 5.94. The molecule has 11 nitrogen and oxygen atoms in total. The van der Waals surface area contributed by atoms with Crippen LogP contribution in [0.3, 0.4) is 0 Å². The van der Waals surface area contributed by atoms with Gasteiger partial charge in [0.1, 0.15) is 5.82 Å². The second-order valence-electron chi connectivity index (χ2n) is 10.8. The Labute approximate surface area is 243 Å². The highest BCUT2D eigenvalue weighted by atomic mass is 16.5. The number of carbonyl (C=O) groups is 2. The molecule has 0 bridgehead atoms. The van der Waals surface area contributed by atoms with Crippen molar-refractivity contribution in [3.8, 4) is 11.1 Å². The fourth-order valence-corrected chi connectivity index (χ4v) is 5.60. The van der Waals surface area contributed by atoms with Crippen LogP contribution in [0.5, 0.6) is 0 Å². The molecule has 4 aromatic rings. The minimum atomic E-state index is -0.267. The third-order valence-corrected chi connectivity index (χ3v) is 7.98. The van der Waals surface area contributed by atoms with Crippen molar-refractivity contribution in [2.75, 3.05) is 36.9 Å². The van der Waals surface area contributed by atoms with E-state index in [0.29, 0.717) is 50.5 Å². The maximum Gasteiger partial charge on any atom is 0.319 e. The Bertz CT molecular complexity index is 1570. The number of nitrogens with zero attached hydrogens (tertiary/aromatic N) is 4. The molecule has 0 atom stereocenters. The minimum absolute atomic E-state index is 0.0508. The molecule has 1 aliphatic heterocycles. The van der Waals surface area contributed by atoms with Gasteiger partial charge in [-0.05, 0) is 68.0 Å². The predicted molar refractivity (Wildman–Crippen MR) is 160 cm³/mol. The van der Waals surface area contributed by atoms with E-state index in [9.17, 15) is 14.7 Å². The van der Waals surface area contributed by atoms with Crippen LogP contribution in [0.25, 0.3) is 16.8 Å². The number of aromatic nitrogens is 3. The van der Waals surface area contributed by atoms with Crippen molar-refractivity contribution in [2.24, 2.45) is 0 Å². The number of aliphatic hydroxyl groups excluding tert-OH is 1. The van der Waals surface area contributed by atoms with Gasteiger partial charge in [-0.15, -0.1) is 0 Å². The number of urea groups is 1. The first-order chi connectivity index (χ1) is 20.4. The summed E-state index contributed by atoms with van der Waals surface area (Å²) in [5, 5.41) is 19.2. The van der Waals surface area contributed by atoms with Crippen molar-refractivity contribution < 1.29 is 19.4 Å². The number of benzene rings is 1. The summed E-state index contributed by atoms with van der Waals surface area (Å²) in [4.78, 5) is 36.4. The van der Waals surface area contributed by atoms with E-state index < -0.39 is 0 Å². The van der Waals surface area contributed by atoms with Gasteiger partial charge in [0.25, 0.3) is 5.91 Å². The molecule has 0 unspecified atom stereocenters. The largest absolute Gasteiger partial charge is 0.393 e. The fraction of sp³-hybridized carbons (Fsp3) is 0.355. The van der Waals surface area contributed by atoms with Gasteiger partial charge in [-0.3, -0.25) is 4.79 Å². The van der Waals surface area contributed by atoms with Gasteiger partial charge in [0.15, 0.2) is 5.65 Å². The predicted octanol–water partition coefficient (Wildman–Crippen LogP) is 4.35. The summed E-state index contributed by atoms with van der Waals surface area (Å²) in [6.45, 7) is 4.24. The summed E-state index contributed by atoms with van der Waals surface area (Å²) in [5.41, 5.74) is 5.58. The van der Waals surface area contributed by atoms with Crippen LogP contribution in [0.2, 0.25) is 0 Å². The van der Waals surface area contributed by atoms with Gasteiger partial charge in [-0.1, -0.05) is 12.1 Å². The van der Waals surface area contributed by atoms with Crippen LogP contribution in [0, 0.1) is 6.92 Å². The number of imidazole rings is 1. The summed E-state index contributed by atoms with van der Waals surface area (Å²) < 4.78 is 7.29. The third-order valence-electron chi connectivity index (χ3n) is 7.98. The number of amides is 3. The molecule has 1 aliphatic carbocycles. The van der Waals surface area contributed by atoms with E-state index in [1.807, 2.05) is 48.0 Å². The van der Waals surface area contributed by atoms with Crippen molar-refractivity contribution in [3.05, 3.63) is 72.3 Å². The molecule has 4 heterocycles. The lowest BCUT2D eigenvalue weighted by molar-refractivity contribution is 0.0302. The topological polar surface area (TPSA) is 133 Å². The average Bonchev–Trinajstić information content (AvgIpc) is 3.49. The highest BCUT2D eigenvalue weighted by Gasteiger charge is 2.22. The molecular formula is C31H35N7O4. The lowest BCUT2D eigenvalue weighted by Gasteiger charge is -2.26. The van der Waals surface area contributed by atoms with Gasteiger partial charge in [0.2, 0.25) is 0 Å². The lowest BCUT2D eigenvalue weighted by Crippen LogP contribution is -2.41. The Morgan fingerprint density at radius 2 is 1.83 bits per heavy atom. The monoisotopic (exact) mass is 569 g/mol. The second kappa shape index (κ2) is 12.2. The minimum Gasteiger partial charge on any atom is -0.393 e. The van der Waals surface area contributed by atoms with Crippen molar-refractivity contribution in [3.63, 3.8) is 0 Å². The summed E-state index contributed by atoms with van der Waals surface area (Å²) in [5.74, 6) is 0.541. The number of morpholine rings is 1. The first kappa shape index (κ1) is 27.7. The summed E-state index contributed by atoms with van der Waals surface area (Å²) in [7, 11) is 0. The van der Waals surface area contributed by atoms with E-state index in [4.69, 9.17) is 4.74 Å². The van der Waals surface area contributed by atoms with Crippen LogP contribution in [-0.2, 0) is 4.74 Å². The first-order valence-corrected chi connectivity index (χ1v) is 14.4. The van der Waals surface area contributed by atoms with Crippen LogP contribution < -0.4 is 16.0 Å². The number of ether oxygens (including phenoxy) is 1. The van der Waals surface area contributed by atoms with Crippen LogP contribution in [0.1, 0.15) is 41.6 Å². The molecule has 1 saturated heterocycles. The SMILES string of the molecule is Cc1c(NC(=O)NC2CCC(O)CC2)cccc1-c1cc(Nc2ccc(C(=O)N3CCOCC3)cn2)c2nccn2c1. The summed E-state index contributed by atoms with van der Waals surface area (Å²) in [6.07, 6.45) is 9.91. The van der Waals surface area contributed by atoms with Crippen molar-refractivity contribution in [1.82, 2.24) is 24.6 Å². The number of aliphatic hydroxyl groups is 1. The van der Waals surface area contributed by atoms with E-state index in [2.05, 4.69) is 25.9 Å². The van der Waals surface area contributed by atoms with Gasteiger partial charge in [0, 0.05) is 55.2 Å². The van der Waals surface area contributed by atoms with Crippen LogP contribution >= 0.6 is 0 Å². The Kier molecular flexibility index (Phi) is 8.02. The molecule has 6 rings (SSSR count). The Balaban J connectivity index is 1.20. The first-order valence-electron chi connectivity index (χ1n) is 14.4. The molecule has 218 valence electrons. The molecule has 4 N–H and O–H groups in total. The summed E-state index contributed by atoms with van der Waals surface area (Å²) >= 11 is 0. The lowest BCUT2D eigenvalue weighted by atomic mass is 9.93. The number of fused-ring (bicyclic) bond motifs is 1. The standard InChI is InChI=1S/C31H35N7O4/c1-20-25(3-2-4-26(20)36-31(41)34-23-6-8-24(39)9-7-23)22-17-27(29-32-11-12-38(29)19-22)35-28-10-5-21(18-33-28)30(40)37-13-15-42-16-14-37/h2-5,10-12,17-19,23-24,39H,6-9,13-16H2,1H3,(H,33,35)(H2,34,36,41). The molecule has 3 aromatic heterocycles. The Morgan fingerprint density at radius 3 is 2.60 bits per heavy atom. The number of pyridine rings is 2.